The van der Waals surface area contributed by atoms with E-state index >= 15 is 0 Å². The molecule has 2 fully saturated rings. The van der Waals surface area contributed by atoms with Crippen LogP contribution >= 0.6 is 11.6 Å². The molecule has 1 aromatic rings. The molecule has 20 heavy (non-hydrogen) atoms. The number of ketones is 1. The van der Waals surface area contributed by atoms with Gasteiger partial charge in [0.2, 0.25) is 0 Å². The molecule has 4 heteroatoms. The van der Waals surface area contributed by atoms with Gasteiger partial charge in [0.1, 0.15) is 5.78 Å². The van der Waals surface area contributed by atoms with Crippen LogP contribution in [0.15, 0.2) is 24.3 Å². The number of rotatable bonds is 3. The molecule has 108 valence electrons. The van der Waals surface area contributed by atoms with Crippen molar-refractivity contribution in [3.63, 3.8) is 0 Å². The first kappa shape index (κ1) is 13.9. The van der Waals surface area contributed by atoms with E-state index < -0.39 is 0 Å². The molecule has 1 aromatic carbocycles. The van der Waals surface area contributed by atoms with E-state index in [4.69, 9.17) is 11.6 Å². The van der Waals surface area contributed by atoms with Gasteiger partial charge in [0.15, 0.2) is 0 Å². The van der Waals surface area contributed by atoms with Crippen molar-refractivity contribution in [1.29, 1.82) is 0 Å². The summed E-state index contributed by atoms with van der Waals surface area (Å²) >= 11 is 6.05. The van der Waals surface area contributed by atoms with Gasteiger partial charge < -0.3 is 4.90 Å². The maximum Gasteiger partial charge on any atom is 0.137 e. The first-order valence-corrected chi connectivity index (χ1v) is 7.86. The zero-order valence-corrected chi connectivity index (χ0v) is 12.5. The molecule has 2 aliphatic rings. The topological polar surface area (TPSA) is 23.6 Å². The summed E-state index contributed by atoms with van der Waals surface area (Å²) in [5.41, 5.74) is 1.20. The predicted octanol–water partition coefficient (Wildman–Crippen LogP) is 2.83. The van der Waals surface area contributed by atoms with Crippen molar-refractivity contribution in [3.8, 4) is 0 Å². The number of hydrogen-bond donors (Lipinski definition) is 0. The summed E-state index contributed by atoms with van der Waals surface area (Å²) in [7, 11) is 0. The van der Waals surface area contributed by atoms with E-state index in [1.165, 1.54) is 5.69 Å². The Labute approximate surface area is 125 Å². The SMILES string of the molecule is O=C1CCCC1CN1CCN(c2cccc(Cl)c2)CC1. The maximum atomic E-state index is 11.7. The second-order valence-corrected chi connectivity index (χ2v) is 6.26. The van der Waals surface area contributed by atoms with Gasteiger partial charge in [-0.25, -0.2) is 0 Å². The highest BCUT2D eigenvalue weighted by molar-refractivity contribution is 6.30. The van der Waals surface area contributed by atoms with Crippen LogP contribution in [0.25, 0.3) is 0 Å². The smallest absolute Gasteiger partial charge is 0.137 e. The van der Waals surface area contributed by atoms with Gasteiger partial charge in [-0.1, -0.05) is 17.7 Å². The lowest BCUT2D eigenvalue weighted by molar-refractivity contribution is -0.121. The molecule has 1 unspecified atom stereocenters. The molecule has 1 saturated carbocycles. The molecule has 0 amide bonds. The Bertz CT molecular complexity index is 483. The van der Waals surface area contributed by atoms with Crippen LogP contribution in [0.5, 0.6) is 0 Å². The van der Waals surface area contributed by atoms with Crippen LogP contribution in [-0.4, -0.2) is 43.4 Å². The van der Waals surface area contributed by atoms with Gasteiger partial charge in [0.25, 0.3) is 0 Å². The number of Topliss-reactive ketones (excluding diaryl/α,β-unsaturated/α-hetero) is 1. The highest BCUT2D eigenvalue weighted by Gasteiger charge is 2.27. The maximum absolute atomic E-state index is 11.7. The van der Waals surface area contributed by atoms with Crippen LogP contribution in [0, 0.1) is 5.92 Å². The number of piperazine rings is 1. The van der Waals surface area contributed by atoms with Gasteiger partial charge in [0.05, 0.1) is 0 Å². The van der Waals surface area contributed by atoms with Crippen molar-refractivity contribution < 1.29 is 4.79 Å². The number of halogens is 1. The van der Waals surface area contributed by atoms with Crippen molar-refractivity contribution >= 4 is 23.1 Å². The van der Waals surface area contributed by atoms with Crippen LogP contribution in [-0.2, 0) is 4.79 Å². The molecule has 0 bridgehead atoms. The number of hydrogen-bond acceptors (Lipinski definition) is 3. The van der Waals surface area contributed by atoms with Crippen molar-refractivity contribution in [2.24, 2.45) is 5.92 Å². The lowest BCUT2D eigenvalue weighted by Crippen LogP contribution is -2.48. The Morgan fingerprint density at radius 2 is 2.00 bits per heavy atom. The van der Waals surface area contributed by atoms with E-state index in [9.17, 15) is 4.79 Å². The fraction of sp³-hybridized carbons (Fsp3) is 0.562. The van der Waals surface area contributed by atoms with E-state index in [1.54, 1.807) is 0 Å². The summed E-state index contributed by atoms with van der Waals surface area (Å²) < 4.78 is 0. The molecule has 0 aromatic heterocycles. The Morgan fingerprint density at radius 3 is 2.65 bits per heavy atom. The molecule has 0 spiro atoms. The highest BCUT2D eigenvalue weighted by Crippen LogP contribution is 2.24. The minimum Gasteiger partial charge on any atom is -0.369 e. The molecule has 1 aliphatic heterocycles. The van der Waals surface area contributed by atoms with Crippen LogP contribution in [0.1, 0.15) is 19.3 Å². The van der Waals surface area contributed by atoms with E-state index in [1.807, 2.05) is 18.2 Å². The molecule has 3 rings (SSSR count). The summed E-state index contributed by atoms with van der Waals surface area (Å²) in [6, 6.07) is 8.05. The molecule has 1 atom stereocenters. The van der Waals surface area contributed by atoms with Crippen LogP contribution in [0.2, 0.25) is 5.02 Å². The molecule has 1 saturated heterocycles. The summed E-state index contributed by atoms with van der Waals surface area (Å²) in [4.78, 5) is 16.5. The zero-order valence-electron chi connectivity index (χ0n) is 11.7. The van der Waals surface area contributed by atoms with Gasteiger partial charge in [-0.05, 0) is 31.0 Å². The first-order valence-electron chi connectivity index (χ1n) is 7.48. The lowest BCUT2D eigenvalue weighted by atomic mass is 10.1. The normalized spacial score (nSPS) is 24.4. The molecular formula is C16H21ClN2O. The van der Waals surface area contributed by atoms with E-state index in [-0.39, 0.29) is 0 Å². The lowest BCUT2D eigenvalue weighted by Gasteiger charge is -2.37. The largest absolute Gasteiger partial charge is 0.369 e. The highest BCUT2D eigenvalue weighted by atomic mass is 35.5. The first-order chi connectivity index (χ1) is 9.72. The molecule has 1 heterocycles. The number of nitrogens with zero attached hydrogens (tertiary/aromatic N) is 2. The Balaban J connectivity index is 1.53. The fourth-order valence-electron chi connectivity index (χ4n) is 3.25. The second kappa shape index (κ2) is 6.15. The summed E-state index contributed by atoms with van der Waals surface area (Å²) in [5, 5.41) is 0.793. The summed E-state index contributed by atoms with van der Waals surface area (Å²) in [6.45, 7) is 5.07. The van der Waals surface area contributed by atoms with Gasteiger partial charge in [-0.3, -0.25) is 9.69 Å². The third-order valence-corrected chi connectivity index (χ3v) is 4.69. The zero-order chi connectivity index (χ0) is 13.9. The quantitative estimate of drug-likeness (QED) is 0.856. The van der Waals surface area contributed by atoms with E-state index in [2.05, 4.69) is 15.9 Å². The average molecular weight is 293 g/mol. The third kappa shape index (κ3) is 3.15. The van der Waals surface area contributed by atoms with Crippen LogP contribution < -0.4 is 4.90 Å². The standard InChI is InChI=1S/C16H21ClN2O/c17-14-4-2-5-15(11-14)19-9-7-18(8-10-19)12-13-3-1-6-16(13)20/h2,4-5,11,13H,1,3,6-10,12H2. The van der Waals surface area contributed by atoms with Crippen molar-refractivity contribution in [2.75, 3.05) is 37.6 Å². The second-order valence-electron chi connectivity index (χ2n) is 5.82. The number of benzene rings is 1. The fourth-order valence-corrected chi connectivity index (χ4v) is 3.44. The van der Waals surface area contributed by atoms with Crippen LogP contribution in [0.4, 0.5) is 5.69 Å². The third-order valence-electron chi connectivity index (χ3n) is 4.46. The Hall–Kier alpha value is -1.06. The summed E-state index contributed by atoms with van der Waals surface area (Å²) in [6.07, 6.45) is 2.98. The number of carbonyl (C=O) groups excluding carboxylic acids is 1. The monoisotopic (exact) mass is 292 g/mol. The summed E-state index contributed by atoms with van der Waals surface area (Å²) in [5.74, 6) is 0.773. The molecule has 0 radical (unpaired) electrons. The molecule has 3 nitrogen and oxygen atoms in total. The van der Waals surface area contributed by atoms with Crippen molar-refractivity contribution in [1.82, 2.24) is 4.90 Å². The minimum absolute atomic E-state index is 0.299. The van der Waals surface area contributed by atoms with E-state index in [0.717, 1.165) is 57.0 Å². The number of anilines is 1. The molecule has 0 N–H and O–H groups in total. The Kier molecular flexibility index (Phi) is 4.27. The van der Waals surface area contributed by atoms with E-state index in [0.29, 0.717) is 11.7 Å². The minimum atomic E-state index is 0.299. The van der Waals surface area contributed by atoms with Gasteiger partial charge in [0, 0.05) is 55.8 Å². The molecular weight excluding hydrogens is 272 g/mol. The van der Waals surface area contributed by atoms with Crippen molar-refractivity contribution in [2.45, 2.75) is 19.3 Å². The van der Waals surface area contributed by atoms with Crippen molar-refractivity contribution in [3.05, 3.63) is 29.3 Å². The molecule has 1 aliphatic carbocycles. The predicted molar refractivity (Wildman–Crippen MR) is 82.5 cm³/mol. The van der Waals surface area contributed by atoms with Crippen LogP contribution in [0.3, 0.4) is 0 Å². The number of carbonyl (C=O) groups is 1. The Morgan fingerprint density at radius 1 is 1.20 bits per heavy atom. The average Bonchev–Trinajstić information content (AvgIpc) is 2.85. The van der Waals surface area contributed by atoms with Gasteiger partial charge in [-0.2, -0.15) is 0 Å². The van der Waals surface area contributed by atoms with Gasteiger partial charge >= 0.3 is 0 Å². The van der Waals surface area contributed by atoms with Gasteiger partial charge in [-0.15, -0.1) is 0 Å².